The molecule has 1 aromatic carbocycles. The van der Waals surface area contributed by atoms with Crippen LogP contribution in [0, 0.1) is 19.8 Å². The molecule has 0 spiro atoms. The van der Waals surface area contributed by atoms with Crippen LogP contribution in [-0.2, 0) is 4.79 Å². The lowest BCUT2D eigenvalue weighted by Crippen LogP contribution is -2.52. The second kappa shape index (κ2) is 4.87. The quantitative estimate of drug-likeness (QED) is 0.887. The number of nitrogens with zero attached hydrogens (tertiary/aromatic N) is 1. The Kier molecular flexibility index (Phi) is 3.57. The molecule has 0 bridgehead atoms. The van der Waals surface area contributed by atoms with Crippen molar-refractivity contribution in [2.75, 3.05) is 11.4 Å². The zero-order chi connectivity index (χ0) is 14.2. The Morgan fingerprint density at radius 1 is 1.37 bits per heavy atom. The van der Waals surface area contributed by atoms with Gasteiger partial charge in [-0.15, -0.1) is 0 Å². The summed E-state index contributed by atoms with van der Waals surface area (Å²) >= 11 is 0. The molecule has 1 heterocycles. The molecule has 0 saturated carbocycles. The number of rotatable bonds is 2. The van der Waals surface area contributed by atoms with Crippen LogP contribution in [0.15, 0.2) is 18.2 Å². The van der Waals surface area contributed by atoms with E-state index in [1.165, 1.54) is 16.8 Å². The molecule has 3 heteroatoms. The number of hydrogen-bond acceptors (Lipinski definition) is 2. The van der Waals surface area contributed by atoms with Crippen molar-refractivity contribution in [1.82, 2.24) is 0 Å². The minimum atomic E-state index is -0.675. The standard InChI is InChI=1S/C16H23NO2/c1-11-5-6-12(2)14(9-11)17-10-13(15(18)19)7-8-16(17,3)4/h5-6,9,13H,7-8,10H2,1-4H3,(H,18,19). The van der Waals surface area contributed by atoms with Gasteiger partial charge in [-0.3, -0.25) is 4.79 Å². The van der Waals surface area contributed by atoms with Crippen molar-refractivity contribution in [3.63, 3.8) is 0 Å². The van der Waals surface area contributed by atoms with Crippen LogP contribution in [-0.4, -0.2) is 23.2 Å². The van der Waals surface area contributed by atoms with E-state index in [1.54, 1.807) is 0 Å². The van der Waals surface area contributed by atoms with Gasteiger partial charge in [0.05, 0.1) is 5.92 Å². The summed E-state index contributed by atoms with van der Waals surface area (Å²) in [5.74, 6) is -0.932. The van der Waals surface area contributed by atoms with Crippen molar-refractivity contribution in [3.05, 3.63) is 29.3 Å². The molecule has 1 saturated heterocycles. The Morgan fingerprint density at radius 3 is 2.68 bits per heavy atom. The average Bonchev–Trinajstić information content (AvgIpc) is 2.32. The third-order valence-corrected chi connectivity index (χ3v) is 4.24. The van der Waals surface area contributed by atoms with Crippen LogP contribution < -0.4 is 4.90 Å². The maximum atomic E-state index is 11.3. The van der Waals surface area contributed by atoms with Crippen molar-refractivity contribution in [3.8, 4) is 0 Å². The zero-order valence-corrected chi connectivity index (χ0v) is 12.2. The van der Waals surface area contributed by atoms with Gasteiger partial charge in [-0.1, -0.05) is 12.1 Å². The third kappa shape index (κ3) is 2.75. The van der Waals surface area contributed by atoms with Crippen LogP contribution in [0.5, 0.6) is 0 Å². The number of benzene rings is 1. The summed E-state index contributed by atoms with van der Waals surface area (Å²) in [7, 11) is 0. The third-order valence-electron chi connectivity index (χ3n) is 4.24. The van der Waals surface area contributed by atoms with Gasteiger partial charge in [0, 0.05) is 17.8 Å². The van der Waals surface area contributed by atoms with Gasteiger partial charge in [0.15, 0.2) is 0 Å². The summed E-state index contributed by atoms with van der Waals surface area (Å²) in [5, 5.41) is 9.27. The predicted octanol–water partition coefficient (Wildman–Crippen LogP) is 3.38. The summed E-state index contributed by atoms with van der Waals surface area (Å²) in [6.45, 7) is 9.18. The molecular formula is C16H23NO2. The van der Waals surface area contributed by atoms with E-state index in [9.17, 15) is 9.90 Å². The molecule has 2 rings (SSSR count). The lowest BCUT2D eigenvalue weighted by molar-refractivity contribution is -0.142. The number of piperidine rings is 1. The van der Waals surface area contributed by atoms with E-state index in [4.69, 9.17) is 0 Å². The summed E-state index contributed by atoms with van der Waals surface area (Å²) < 4.78 is 0. The molecule has 1 aliphatic rings. The van der Waals surface area contributed by atoms with E-state index in [1.807, 2.05) is 0 Å². The second-order valence-corrected chi connectivity index (χ2v) is 6.29. The normalized spacial score (nSPS) is 22.3. The van der Waals surface area contributed by atoms with Crippen LogP contribution in [0.4, 0.5) is 5.69 Å². The Bertz CT molecular complexity index is 494. The maximum absolute atomic E-state index is 11.3. The van der Waals surface area contributed by atoms with Crippen LogP contribution in [0.1, 0.15) is 37.8 Å². The van der Waals surface area contributed by atoms with E-state index in [2.05, 4.69) is 50.8 Å². The smallest absolute Gasteiger partial charge is 0.308 e. The van der Waals surface area contributed by atoms with Crippen LogP contribution in [0.2, 0.25) is 0 Å². The Hall–Kier alpha value is -1.51. The topological polar surface area (TPSA) is 40.5 Å². The SMILES string of the molecule is Cc1ccc(C)c(N2CC(C(=O)O)CCC2(C)C)c1. The van der Waals surface area contributed by atoms with Crippen LogP contribution in [0.25, 0.3) is 0 Å². The minimum absolute atomic E-state index is 0.0184. The van der Waals surface area contributed by atoms with Gasteiger partial charge in [0.2, 0.25) is 0 Å². The lowest BCUT2D eigenvalue weighted by Gasteiger charge is -2.47. The van der Waals surface area contributed by atoms with Crippen LogP contribution in [0.3, 0.4) is 0 Å². The number of aliphatic carboxylic acids is 1. The van der Waals surface area contributed by atoms with Crippen molar-refractivity contribution < 1.29 is 9.90 Å². The number of hydrogen-bond donors (Lipinski definition) is 1. The molecule has 1 fully saturated rings. The number of aryl methyl sites for hydroxylation is 2. The predicted molar refractivity (Wildman–Crippen MR) is 77.7 cm³/mol. The largest absolute Gasteiger partial charge is 0.481 e. The fraction of sp³-hybridized carbons (Fsp3) is 0.562. The van der Waals surface area contributed by atoms with E-state index in [0.29, 0.717) is 6.54 Å². The summed E-state index contributed by atoms with van der Waals surface area (Å²) in [4.78, 5) is 13.5. The van der Waals surface area contributed by atoms with Gasteiger partial charge in [-0.05, 0) is 57.7 Å². The molecule has 0 aromatic heterocycles. The van der Waals surface area contributed by atoms with Crippen molar-refractivity contribution in [2.24, 2.45) is 5.92 Å². The molecule has 0 amide bonds. The molecule has 0 aliphatic carbocycles. The van der Waals surface area contributed by atoms with Crippen molar-refractivity contribution in [1.29, 1.82) is 0 Å². The molecule has 1 unspecified atom stereocenters. The highest BCUT2D eigenvalue weighted by Crippen LogP contribution is 2.36. The minimum Gasteiger partial charge on any atom is -0.481 e. The molecule has 1 atom stereocenters. The lowest BCUT2D eigenvalue weighted by atomic mass is 9.84. The van der Waals surface area contributed by atoms with E-state index in [-0.39, 0.29) is 11.5 Å². The number of carbonyl (C=O) groups is 1. The molecule has 0 radical (unpaired) electrons. The highest BCUT2D eigenvalue weighted by atomic mass is 16.4. The monoisotopic (exact) mass is 261 g/mol. The van der Waals surface area contributed by atoms with Crippen LogP contribution >= 0.6 is 0 Å². The Morgan fingerprint density at radius 2 is 2.05 bits per heavy atom. The first kappa shape index (κ1) is 13.9. The van der Waals surface area contributed by atoms with E-state index < -0.39 is 5.97 Å². The van der Waals surface area contributed by atoms with E-state index in [0.717, 1.165) is 12.8 Å². The molecule has 3 nitrogen and oxygen atoms in total. The van der Waals surface area contributed by atoms with Gasteiger partial charge in [0.25, 0.3) is 0 Å². The fourth-order valence-electron chi connectivity index (χ4n) is 2.86. The highest BCUT2D eigenvalue weighted by Gasteiger charge is 2.37. The molecule has 104 valence electrons. The molecule has 19 heavy (non-hydrogen) atoms. The first-order chi connectivity index (χ1) is 8.81. The number of carboxylic acid groups (broad SMARTS) is 1. The molecule has 1 aromatic rings. The zero-order valence-electron chi connectivity index (χ0n) is 12.2. The molecular weight excluding hydrogens is 238 g/mol. The summed E-state index contributed by atoms with van der Waals surface area (Å²) in [6, 6.07) is 6.39. The highest BCUT2D eigenvalue weighted by molar-refractivity contribution is 5.72. The van der Waals surface area contributed by atoms with Gasteiger partial charge in [0.1, 0.15) is 0 Å². The number of anilines is 1. The fourth-order valence-corrected chi connectivity index (χ4v) is 2.86. The summed E-state index contributed by atoms with van der Waals surface area (Å²) in [5.41, 5.74) is 3.62. The Balaban J connectivity index is 2.38. The van der Waals surface area contributed by atoms with Crippen molar-refractivity contribution in [2.45, 2.75) is 46.1 Å². The Labute approximate surface area is 115 Å². The van der Waals surface area contributed by atoms with E-state index >= 15 is 0 Å². The van der Waals surface area contributed by atoms with Gasteiger partial charge in [-0.2, -0.15) is 0 Å². The summed E-state index contributed by atoms with van der Waals surface area (Å²) in [6.07, 6.45) is 1.68. The molecule has 1 aliphatic heterocycles. The van der Waals surface area contributed by atoms with Gasteiger partial charge < -0.3 is 10.0 Å². The first-order valence-electron chi connectivity index (χ1n) is 6.89. The van der Waals surface area contributed by atoms with Gasteiger partial charge in [-0.25, -0.2) is 0 Å². The van der Waals surface area contributed by atoms with Crippen molar-refractivity contribution >= 4 is 11.7 Å². The van der Waals surface area contributed by atoms with Gasteiger partial charge >= 0.3 is 5.97 Å². The average molecular weight is 261 g/mol. The molecule has 1 N–H and O–H groups in total. The second-order valence-electron chi connectivity index (χ2n) is 6.29. The maximum Gasteiger partial charge on any atom is 0.308 e. The first-order valence-corrected chi connectivity index (χ1v) is 6.89. The number of carboxylic acids is 1.